The minimum atomic E-state index is -1.12. The quantitative estimate of drug-likeness (QED) is 0.489. The number of benzene rings is 2. The van der Waals surface area contributed by atoms with Crippen LogP contribution in [0.25, 0.3) is 6.08 Å². The first kappa shape index (κ1) is 22.4. The van der Waals surface area contributed by atoms with Crippen LogP contribution in [0.2, 0.25) is 5.02 Å². The number of carbonyl (C=O) groups is 3. The second-order valence-corrected chi connectivity index (χ2v) is 8.67. The Morgan fingerprint density at radius 3 is 2.63 bits per heavy atom. The van der Waals surface area contributed by atoms with Crippen LogP contribution >= 0.6 is 39.3 Å². The molecule has 0 bridgehead atoms. The number of rotatable bonds is 8. The Balaban J connectivity index is 1.68. The zero-order chi connectivity index (χ0) is 21.7. The third kappa shape index (κ3) is 5.65. The first-order valence-electron chi connectivity index (χ1n) is 8.98. The van der Waals surface area contributed by atoms with Gasteiger partial charge in [0.15, 0.2) is 12.4 Å². The van der Waals surface area contributed by atoms with Crippen LogP contribution in [0.5, 0.6) is 5.75 Å². The van der Waals surface area contributed by atoms with Gasteiger partial charge in [0.2, 0.25) is 0 Å². The molecule has 1 heterocycles. The molecular formula is C21H17BrClNO5S. The van der Waals surface area contributed by atoms with E-state index in [1.165, 1.54) is 4.90 Å². The number of hydrogen-bond donors (Lipinski definition) is 1. The van der Waals surface area contributed by atoms with Gasteiger partial charge < -0.3 is 9.84 Å². The van der Waals surface area contributed by atoms with E-state index < -0.39 is 12.6 Å². The summed E-state index contributed by atoms with van der Waals surface area (Å²) in [4.78, 5) is 37.2. The number of halogens is 2. The van der Waals surface area contributed by atoms with E-state index in [1.54, 1.807) is 18.2 Å². The molecule has 0 unspecified atom stereocenters. The highest BCUT2D eigenvalue weighted by Crippen LogP contribution is 2.37. The molecule has 0 saturated carbocycles. The summed E-state index contributed by atoms with van der Waals surface area (Å²) >= 11 is 10.4. The molecule has 1 N–H and O–H groups in total. The van der Waals surface area contributed by atoms with Crippen LogP contribution in [0.15, 0.2) is 51.8 Å². The lowest BCUT2D eigenvalue weighted by atomic mass is 10.1. The van der Waals surface area contributed by atoms with Crippen molar-refractivity contribution in [1.29, 1.82) is 0 Å². The van der Waals surface area contributed by atoms with Gasteiger partial charge in [0.25, 0.3) is 11.1 Å². The fourth-order valence-corrected chi connectivity index (χ4v) is 4.72. The lowest BCUT2D eigenvalue weighted by Gasteiger charge is -2.12. The van der Waals surface area contributed by atoms with E-state index >= 15 is 0 Å². The molecule has 1 aliphatic heterocycles. The second kappa shape index (κ2) is 10.1. The van der Waals surface area contributed by atoms with Crippen molar-refractivity contribution in [1.82, 2.24) is 4.90 Å². The standard InChI is InChI=1S/C21H17BrClNO5S/c22-15-9-14(10-16(23)19(15)29-12-18(25)26)11-17-20(27)24(21(28)30-17)8-4-7-13-5-2-1-3-6-13/h1-3,5-6,9-11H,4,7-8,12H2,(H,25,26)/b17-11+. The Labute approximate surface area is 191 Å². The first-order chi connectivity index (χ1) is 14.3. The minimum Gasteiger partial charge on any atom is -0.479 e. The largest absolute Gasteiger partial charge is 0.479 e. The molecule has 0 aliphatic carbocycles. The summed E-state index contributed by atoms with van der Waals surface area (Å²) in [6.07, 6.45) is 3.05. The van der Waals surface area contributed by atoms with Crippen molar-refractivity contribution in [3.63, 3.8) is 0 Å². The van der Waals surface area contributed by atoms with Gasteiger partial charge in [-0.25, -0.2) is 4.79 Å². The molecule has 156 valence electrons. The average molecular weight is 511 g/mol. The van der Waals surface area contributed by atoms with Gasteiger partial charge in [0, 0.05) is 6.54 Å². The van der Waals surface area contributed by atoms with Crippen LogP contribution in [0, 0.1) is 0 Å². The van der Waals surface area contributed by atoms with E-state index in [-0.39, 0.29) is 21.9 Å². The average Bonchev–Trinajstić information content (AvgIpc) is 2.95. The maximum atomic E-state index is 12.7. The number of ether oxygens (including phenoxy) is 1. The van der Waals surface area contributed by atoms with E-state index in [9.17, 15) is 14.4 Å². The normalized spacial score (nSPS) is 15.1. The van der Waals surface area contributed by atoms with Gasteiger partial charge in [-0.2, -0.15) is 0 Å². The molecule has 0 spiro atoms. The zero-order valence-electron chi connectivity index (χ0n) is 15.6. The van der Waals surface area contributed by atoms with Crippen LogP contribution in [-0.2, 0) is 16.0 Å². The van der Waals surface area contributed by atoms with Gasteiger partial charge >= 0.3 is 5.97 Å². The smallest absolute Gasteiger partial charge is 0.341 e. The third-order valence-electron chi connectivity index (χ3n) is 4.22. The number of thioether (sulfide) groups is 1. The predicted molar refractivity (Wildman–Crippen MR) is 120 cm³/mol. The van der Waals surface area contributed by atoms with Crippen molar-refractivity contribution in [2.24, 2.45) is 0 Å². The summed E-state index contributed by atoms with van der Waals surface area (Å²) in [5.74, 6) is -1.26. The molecular weight excluding hydrogens is 494 g/mol. The fraction of sp³-hybridized carbons (Fsp3) is 0.190. The topological polar surface area (TPSA) is 83.9 Å². The summed E-state index contributed by atoms with van der Waals surface area (Å²) in [5.41, 5.74) is 1.74. The van der Waals surface area contributed by atoms with Crippen LogP contribution in [0.4, 0.5) is 4.79 Å². The SMILES string of the molecule is O=C(O)COc1c(Cl)cc(/C=C2/SC(=O)N(CCCc3ccccc3)C2=O)cc1Br. The molecule has 1 saturated heterocycles. The summed E-state index contributed by atoms with van der Waals surface area (Å²) in [5, 5.41) is 8.63. The van der Waals surface area contributed by atoms with Gasteiger partial charge in [-0.3, -0.25) is 14.5 Å². The molecule has 9 heteroatoms. The van der Waals surface area contributed by atoms with Crippen molar-refractivity contribution in [2.45, 2.75) is 12.8 Å². The summed E-state index contributed by atoms with van der Waals surface area (Å²) in [6.45, 7) is -0.178. The Morgan fingerprint density at radius 1 is 1.23 bits per heavy atom. The van der Waals surface area contributed by atoms with Crippen molar-refractivity contribution in [3.05, 3.63) is 68.0 Å². The lowest BCUT2D eigenvalue weighted by molar-refractivity contribution is -0.139. The third-order valence-corrected chi connectivity index (χ3v) is 6.00. The summed E-state index contributed by atoms with van der Waals surface area (Å²) in [6, 6.07) is 13.1. The van der Waals surface area contributed by atoms with Gasteiger partial charge in [0.05, 0.1) is 14.4 Å². The van der Waals surface area contributed by atoms with Crippen molar-refractivity contribution < 1.29 is 24.2 Å². The molecule has 2 aromatic rings. The maximum absolute atomic E-state index is 12.7. The van der Waals surface area contributed by atoms with Crippen molar-refractivity contribution in [2.75, 3.05) is 13.2 Å². The van der Waals surface area contributed by atoms with Gasteiger partial charge in [-0.05, 0) is 69.9 Å². The molecule has 2 amide bonds. The van der Waals surface area contributed by atoms with Crippen LogP contribution in [0.3, 0.4) is 0 Å². The van der Waals surface area contributed by atoms with Crippen molar-refractivity contribution in [3.8, 4) is 5.75 Å². The number of nitrogens with zero attached hydrogens (tertiary/aromatic N) is 1. The monoisotopic (exact) mass is 509 g/mol. The Hall–Kier alpha value is -2.29. The van der Waals surface area contributed by atoms with E-state index in [2.05, 4.69) is 15.9 Å². The number of aryl methyl sites for hydroxylation is 1. The number of carbonyl (C=O) groups excluding carboxylic acids is 2. The molecule has 0 atom stereocenters. The highest BCUT2D eigenvalue weighted by Gasteiger charge is 2.34. The van der Waals surface area contributed by atoms with Crippen LogP contribution in [-0.4, -0.2) is 40.3 Å². The summed E-state index contributed by atoms with van der Waals surface area (Å²) in [7, 11) is 0. The van der Waals surface area contributed by atoms with Crippen LogP contribution in [0.1, 0.15) is 17.5 Å². The Morgan fingerprint density at radius 2 is 1.97 bits per heavy atom. The van der Waals surface area contributed by atoms with E-state index in [4.69, 9.17) is 21.4 Å². The number of imide groups is 1. The van der Waals surface area contributed by atoms with Gasteiger partial charge in [-0.15, -0.1) is 0 Å². The fourth-order valence-electron chi connectivity index (χ4n) is 2.86. The second-order valence-electron chi connectivity index (χ2n) is 6.42. The van der Waals surface area contributed by atoms with E-state index in [0.717, 1.165) is 23.7 Å². The molecule has 0 radical (unpaired) electrons. The Bertz CT molecular complexity index is 989. The van der Waals surface area contributed by atoms with Gasteiger partial charge in [0.1, 0.15) is 0 Å². The van der Waals surface area contributed by atoms with Crippen LogP contribution < -0.4 is 4.74 Å². The zero-order valence-corrected chi connectivity index (χ0v) is 18.8. The Kier molecular flexibility index (Phi) is 7.58. The van der Waals surface area contributed by atoms with E-state index in [1.807, 2.05) is 30.3 Å². The minimum absolute atomic E-state index is 0.193. The number of carboxylic acids is 1. The molecule has 6 nitrogen and oxygen atoms in total. The molecule has 1 fully saturated rings. The molecule has 2 aromatic carbocycles. The predicted octanol–water partition coefficient (Wildman–Crippen LogP) is 5.24. The molecule has 0 aromatic heterocycles. The maximum Gasteiger partial charge on any atom is 0.341 e. The van der Waals surface area contributed by atoms with E-state index in [0.29, 0.717) is 27.9 Å². The molecule has 3 rings (SSSR count). The van der Waals surface area contributed by atoms with Crippen molar-refractivity contribution >= 4 is 62.5 Å². The summed E-state index contributed by atoms with van der Waals surface area (Å²) < 4.78 is 5.61. The first-order valence-corrected chi connectivity index (χ1v) is 11.0. The number of carboxylic acid groups (broad SMARTS) is 1. The highest BCUT2D eigenvalue weighted by atomic mass is 79.9. The van der Waals surface area contributed by atoms with Gasteiger partial charge in [-0.1, -0.05) is 41.9 Å². The lowest BCUT2D eigenvalue weighted by Crippen LogP contribution is -2.29. The molecule has 30 heavy (non-hydrogen) atoms. The highest BCUT2D eigenvalue weighted by molar-refractivity contribution is 9.10. The number of hydrogen-bond acceptors (Lipinski definition) is 5. The number of amides is 2. The number of aliphatic carboxylic acids is 1. The molecule has 1 aliphatic rings.